The maximum absolute atomic E-state index is 14.7. The Morgan fingerprint density at radius 1 is 1.05 bits per heavy atom. The standard InChI is InChI=1S/C24H25F5N4O7S/c1-39-21(34)8-9-30-22(35)14-3-2-10-33(13-14)41(37,38)16-5-6-19(17(25)12-16)32-23(36)31-15-4-7-20(18(26)11-15)40-24(27,28)29/h4-7,11-12,14H,2-3,8-10,13H2,1H3,(H,30,35)(H2,31,32,36)/t14-/m0/s1. The zero-order valence-corrected chi connectivity index (χ0v) is 22.2. The molecule has 0 spiro atoms. The molecule has 1 atom stereocenters. The van der Waals surface area contributed by atoms with Crippen molar-refractivity contribution >= 4 is 39.3 Å². The smallest absolute Gasteiger partial charge is 0.469 e. The van der Waals surface area contributed by atoms with Gasteiger partial charge < -0.3 is 25.4 Å². The number of amides is 3. The van der Waals surface area contributed by atoms with E-state index in [2.05, 4.69) is 25.4 Å². The monoisotopic (exact) mass is 608 g/mol. The maximum atomic E-state index is 14.7. The van der Waals surface area contributed by atoms with Gasteiger partial charge >= 0.3 is 18.4 Å². The number of rotatable bonds is 9. The molecule has 1 aliphatic rings. The Kier molecular flexibility index (Phi) is 10.1. The number of nitrogens with one attached hydrogen (secondary N) is 3. The predicted octanol–water partition coefficient (Wildman–Crippen LogP) is 3.59. The summed E-state index contributed by atoms with van der Waals surface area (Å²) in [6, 6.07) is 3.70. The summed E-state index contributed by atoms with van der Waals surface area (Å²) in [5, 5.41) is 6.75. The molecule has 41 heavy (non-hydrogen) atoms. The van der Waals surface area contributed by atoms with Crippen LogP contribution in [0, 0.1) is 17.6 Å². The number of piperidine rings is 1. The molecule has 1 saturated heterocycles. The largest absolute Gasteiger partial charge is 0.573 e. The van der Waals surface area contributed by atoms with Gasteiger partial charge in [-0.05, 0) is 43.2 Å². The van der Waals surface area contributed by atoms with E-state index >= 15 is 0 Å². The van der Waals surface area contributed by atoms with Gasteiger partial charge in [0.1, 0.15) is 5.82 Å². The van der Waals surface area contributed by atoms with Gasteiger partial charge in [-0.25, -0.2) is 22.0 Å². The van der Waals surface area contributed by atoms with Gasteiger partial charge in [-0.2, -0.15) is 4.31 Å². The number of ether oxygens (including phenoxy) is 2. The molecule has 1 heterocycles. The zero-order valence-electron chi connectivity index (χ0n) is 21.4. The highest BCUT2D eigenvalue weighted by atomic mass is 32.2. The van der Waals surface area contributed by atoms with Crippen molar-refractivity contribution in [3.05, 3.63) is 48.0 Å². The summed E-state index contributed by atoms with van der Waals surface area (Å²) < 4.78 is 101. The molecule has 11 nitrogen and oxygen atoms in total. The lowest BCUT2D eigenvalue weighted by molar-refractivity contribution is -0.275. The number of esters is 1. The van der Waals surface area contributed by atoms with E-state index in [0.717, 1.165) is 22.5 Å². The second-order valence-corrected chi connectivity index (χ2v) is 10.7. The lowest BCUT2D eigenvalue weighted by atomic mass is 9.99. The summed E-state index contributed by atoms with van der Waals surface area (Å²) in [5.41, 5.74) is -0.719. The summed E-state index contributed by atoms with van der Waals surface area (Å²) in [5.74, 6) is -5.31. The Morgan fingerprint density at radius 3 is 2.41 bits per heavy atom. The molecule has 1 fully saturated rings. The van der Waals surface area contributed by atoms with Crippen molar-refractivity contribution in [3.63, 3.8) is 0 Å². The lowest BCUT2D eigenvalue weighted by Gasteiger charge is -2.31. The van der Waals surface area contributed by atoms with Gasteiger partial charge in [0.15, 0.2) is 11.6 Å². The molecule has 0 aromatic heterocycles. The molecule has 224 valence electrons. The van der Waals surface area contributed by atoms with Crippen LogP contribution in [0.25, 0.3) is 0 Å². The van der Waals surface area contributed by atoms with Gasteiger partial charge in [-0.15, -0.1) is 13.2 Å². The molecule has 0 saturated carbocycles. The Balaban J connectivity index is 1.62. The van der Waals surface area contributed by atoms with Gasteiger partial charge in [-0.3, -0.25) is 9.59 Å². The van der Waals surface area contributed by atoms with E-state index in [1.165, 1.54) is 7.11 Å². The molecular formula is C24H25F5N4O7S. The fourth-order valence-corrected chi connectivity index (χ4v) is 5.42. The van der Waals surface area contributed by atoms with E-state index < -0.39 is 68.2 Å². The molecule has 17 heteroatoms. The molecule has 0 aliphatic carbocycles. The van der Waals surface area contributed by atoms with E-state index in [-0.39, 0.29) is 31.7 Å². The number of methoxy groups -OCH3 is 1. The average Bonchev–Trinajstić information content (AvgIpc) is 2.90. The minimum Gasteiger partial charge on any atom is -0.469 e. The Labute approximate surface area is 231 Å². The van der Waals surface area contributed by atoms with Crippen molar-refractivity contribution in [1.82, 2.24) is 9.62 Å². The molecule has 1 aliphatic heterocycles. The predicted molar refractivity (Wildman–Crippen MR) is 133 cm³/mol. The second-order valence-electron chi connectivity index (χ2n) is 8.73. The Bertz CT molecular complexity index is 1410. The number of hydrogen-bond donors (Lipinski definition) is 3. The number of nitrogens with zero attached hydrogens (tertiary/aromatic N) is 1. The van der Waals surface area contributed by atoms with Crippen LogP contribution in [0.1, 0.15) is 19.3 Å². The quantitative estimate of drug-likeness (QED) is 0.292. The van der Waals surface area contributed by atoms with Crippen LogP contribution in [-0.2, 0) is 24.3 Å². The highest BCUT2D eigenvalue weighted by molar-refractivity contribution is 7.89. The number of carbonyl (C=O) groups is 3. The number of urea groups is 1. The van der Waals surface area contributed by atoms with Crippen LogP contribution in [0.2, 0.25) is 0 Å². The van der Waals surface area contributed by atoms with Crippen molar-refractivity contribution in [2.75, 3.05) is 37.4 Å². The molecule has 3 amide bonds. The molecule has 0 bridgehead atoms. The van der Waals surface area contributed by atoms with Crippen LogP contribution < -0.4 is 20.7 Å². The van der Waals surface area contributed by atoms with Gasteiger partial charge in [-0.1, -0.05) is 0 Å². The van der Waals surface area contributed by atoms with Gasteiger partial charge in [0.25, 0.3) is 0 Å². The minimum absolute atomic E-state index is 0.0226. The molecule has 0 unspecified atom stereocenters. The third-order valence-electron chi connectivity index (χ3n) is 5.85. The van der Waals surface area contributed by atoms with Crippen LogP contribution in [0.4, 0.5) is 38.1 Å². The fraction of sp³-hybridized carbons (Fsp3) is 0.375. The van der Waals surface area contributed by atoms with E-state index in [0.29, 0.717) is 31.0 Å². The summed E-state index contributed by atoms with van der Waals surface area (Å²) in [4.78, 5) is 35.4. The van der Waals surface area contributed by atoms with E-state index in [1.54, 1.807) is 0 Å². The zero-order chi connectivity index (χ0) is 30.4. The number of carbonyl (C=O) groups excluding carboxylic acids is 3. The Morgan fingerprint density at radius 2 is 1.78 bits per heavy atom. The fourth-order valence-electron chi connectivity index (χ4n) is 3.89. The molecule has 3 N–H and O–H groups in total. The van der Waals surface area contributed by atoms with Crippen LogP contribution in [0.5, 0.6) is 5.75 Å². The van der Waals surface area contributed by atoms with Crippen molar-refractivity contribution in [3.8, 4) is 5.75 Å². The highest BCUT2D eigenvalue weighted by Crippen LogP contribution is 2.29. The molecular weight excluding hydrogens is 583 g/mol. The number of benzene rings is 2. The minimum atomic E-state index is -5.12. The van der Waals surface area contributed by atoms with Gasteiger partial charge in [0.05, 0.1) is 30.0 Å². The SMILES string of the molecule is COC(=O)CCNC(=O)[C@H]1CCCN(S(=O)(=O)c2ccc(NC(=O)Nc3ccc(OC(F)(F)F)c(F)c3)c(F)c2)C1. The average molecular weight is 609 g/mol. The Hall–Kier alpha value is -3.99. The van der Waals surface area contributed by atoms with E-state index in [9.17, 15) is 44.8 Å². The summed E-state index contributed by atoms with van der Waals surface area (Å²) in [7, 11) is -3.02. The number of alkyl halides is 3. The molecule has 0 radical (unpaired) electrons. The highest BCUT2D eigenvalue weighted by Gasteiger charge is 2.34. The van der Waals surface area contributed by atoms with Crippen molar-refractivity contribution in [1.29, 1.82) is 0 Å². The molecule has 2 aromatic rings. The summed E-state index contributed by atoms with van der Waals surface area (Å²) in [6.45, 7) is -0.0594. The third-order valence-corrected chi connectivity index (χ3v) is 7.71. The van der Waals surface area contributed by atoms with Crippen LogP contribution in [-0.4, -0.2) is 63.7 Å². The topological polar surface area (TPSA) is 143 Å². The van der Waals surface area contributed by atoms with Crippen molar-refractivity contribution in [2.24, 2.45) is 5.92 Å². The summed E-state index contributed by atoms with van der Waals surface area (Å²) in [6.07, 6.45) is -4.40. The number of sulfonamides is 1. The van der Waals surface area contributed by atoms with E-state index in [4.69, 9.17) is 0 Å². The lowest BCUT2D eigenvalue weighted by Crippen LogP contribution is -2.45. The van der Waals surface area contributed by atoms with Crippen LogP contribution in [0.15, 0.2) is 41.3 Å². The first-order chi connectivity index (χ1) is 19.2. The van der Waals surface area contributed by atoms with Gasteiger partial charge in [0, 0.05) is 31.4 Å². The second kappa shape index (κ2) is 13.1. The first-order valence-corrected chi connectivity index (χ1v) is 13.4. The first-order valence-electron chi connectivity index (χ1n) is 12.0. The molecule has 3 rings (SSSR count). The van der Waals surface area contributed by atoms with Crippen LogP contribution in [0.3, 0.4) is 0 Å². The van der Waals surface area contributed by atoms with Crippen molar-refractivity contribution in [2.45, 2.75) is 30.5 Å². The number of halogens is 5. The maximum Gasteiger partial charge on any atom is 0.573 e. The van der Waals surface area contributed by atoms with E-state index in [1.807, 2.05) is 0 Å². The first kappa shape index (κ1) is 31.5. The number of hydrogen-bond acceptors (Lipinski definition) is 7. The van der Waals surface area contributed by atoms with Crippen LogP contribution >= 0.6 is 0 Å². The summed E-state index contributed by atoms with van der Waals surface area (Å²) >= 11 is 0. The van der Waals surface area contributed by atoms with Gasteiger partial charge in [0.2, 0.25) is 15.9 Å². The van der Waals surface area contributed by atoms with Crippen molar-refractivity contribution < 1.29 is 54.2 Å². The normalized spacial score (nSPS) is 16.0. The number of anilines is 2. The molecule has 2 aromatic carbocycles. The third kappa shape index (κ3) is 8.75.